The average Bonchev–Trinajstić information content (AvgIpc) is 2.43. The third-order valence-corrected chi connectivity index (χ3v) is 3.20. The SMILES string of the molecule is CCC(=N)c1c(O)cc(-c2ccc(F)cc2)n(C)c1=O. The maximum Gasteiger partial charge on any atom is 0.263 e. The van der Waals surface area contributed by atoms with E-state index >= 15 is 0 Å². The Bertz CT molecular complexity index is 718. The van der Waals surface area contributed by atoms with E-state index < -0.39 is 5.56 Å². The number of nitrogens with one attached hydrogen (secondary N) is 1. The molecule has 1 aromatic carbocycles. The number of benzene rings is 1. The topological polar surface area (TPSA) is 66.1 Å². The second kappa shape index (κ2) is 5.28. The fourth-order valence-electron chi connectivity index (χ4n) is 2.04. The zero-order valence-corrected chi connectivity index (χ0v) is 11.3. The first-order valence-electron chi connectivity index (χ1n) is 6.22. The molecule has 2 aromatic rings. The van der Waals surface area contributed by atoms with Gasteiger partial charge in [0.15, 0.2) is 0 Å². The van der Waals surface area contributed by atoms with Crippen molar-refractivity contribution in [1.82, 2.24) is 4.57 Å². The zero-order valence-electron chi connectivity index (χ0n) is 11.3. The molecule has 0 saturated carbocycles. The van der Waals surface area contributed by atoms with Crippen molar-refractivity contribution < 1.29 is 9.50 Å². The Morgan fingerprint density at radius 3 is 2.50 bits per heavy atom. The van der Waals surface area contributed by atoms with Crippen molar-refractivity contribution in [3.8, 4) is 17.0 Å². The fourth-order valence-corrected chi connectivity index (χ4v) is 2.04. The van der Waals surface area contributed by atoms with E-state index in [4.69, 9.17) is 5.41 Å². The minimum absolute atomic E-state index is 0.0147. The smallest absolute Gasteiger partial charge is 0.263 e. The van der Waals surface area contributed by atoms with Gasteiger partial charge in [0, 0.05) is 18.8 Å². The van der Waals surface area contributed by atoms with Crippen molar-refractivity contribution in [2.45, 2.75) is 13.3 Å². The first-order valence-corrected chi connectivity index (χ1v) is 6.22. The number of aromatic nitrogens is 1. The largest absolute Gasteiger partial charge is 0.507 e. The number of nitrogens with zero attached hydrogens (tertiary/aromatic N) is 1. The lowest BCUT2D eigenvalue weighted by atomic mass is 10.1. The van der Waals surface area contributed by atoms with E-state index in [9.17, 15) is 14.3 Å². The fraction of sp³-hybridized carbons (Fsp3) is 0.200. The van der Waals surface area contributed by atoms with E-state index in [0.29, 0.717) is 17.7 Å². The van der Waals surface area contributed by atoms with E-state index in [0.717, 1.165) is 0 Å². The lowest BCUT2D eigenvalue weighted by molar-refractivity contribution is 0.471. The normalized spacial score (nSPS) is 10.6. The summed E-state index contributed by atoms with van der Waals surface area (Å²) in [6.45, 7) is 1.75. The van der Waals surface area contributed by atoms with Crippen LogP contribution in [0, 0.1) is 11.2 Å². The van der Waals surface area contributed by atoms with Crippen molar-refractivity contribution in [3.05, 3.63) is 52.1 Å². The van der Waals surface area contributed by atoms with Crippen LogP contribution in [-0.4, -0.2) is 15.4 Å². The average molecular weight is 274 g/mol. The minimum Gasteiger partial charge on any atom is -0.507 e. The predicted molar refractivity (Wildman–Crippen MR) is 75.9 cm³/mol. The molecule has 0 fully saturated rings. The number of aromatic hydroxyl groups is 1. The van der Waals surface area contributed by atoms with E-state index in [1.165, 1.54) is 34.9 Å². The van der Waals surface area contributed by atoms with Crippen LogP contribution in [0.1, 0.15) is 18.9 Å². The first kappa shape index (κ1) is 14.0. The second-order valence-corrected chi connectivity index (χ2v) is 4.49. The molecule has 0 unspecified atom stereocenters. The summed E-state index contributed by atoms with van der Waals surface area (Å²) in [6, 6.07) is 7.08. The van der Waals surface area contributed by atoms with Crippen LogP contribution in [0.4, 0.5) is 4.39 Å². The number of hydrogen-bond donors (Lipinski definition) is 2. The molecule has 0 atom stereocenters. The highest BCUT2D eigenvalue weighted by atomic mass is 19.1. The first-order chi connectivity index (χ1) is 9.45. The Morgan fingerprint density at radius 1 is 1.35 bits per heavy atom. The Kier molecular flexibility index (Phi) is 3.70. The van der Waals surface area contributed by atoms with Crippen LogP contribution in [-0.2, 0) is 7.05 Å². The molecule has 0 aliphatic heterocycles. The highest BCUT2D eigenvalue weighted by Gasteiger charge is 2.16. The van der Waals surface area contributed by atoms with Gasteiger partial charge in [-0.25, -0.2) is 4.39 Å². The summed E-state index contributed by atoms with van der Waals surface area (Å²) in [4.78, 5) is 12.2. The monoisotopic (exact) mass is 274 g/mol. The van der Waals surface area contributed by atoms with Crippen LogP contribution in [0.2, 0.25) is 0 Å². The molecule has 4 nitrogen and oxygen atoms in total. The molecule has 1 aromatic heterocycles. The Balaban J connectivity index is 2.66. The summed E-state index contributed by atoms with van der Waals surface area (Å²) in [5.41, 5.74) is 0.766. The zero-order chi connectivity index (χ0) is 14.9. The number of hydrogen-bond acceptors (Lipinski definition) is 3. The summed E-state index contributed by atoms with van der Waals surface area (Å²) in [7, 11) is 1.56. The second-order valence-electron chi connectivity index (χ2n) is 4.49. The molecule has 1 heterocycles. The van der Waals surface area contributed by atoms with Gasteiger partial charge < -0.3 is 15.1 Å². The van der Waals surface area contributed by atoms with Crippen molar-refractivity contribution in [3.63, 3.8) is 0 Å². The Morgan fingerprint density at radius 2 is 1.95 bits per heavy atom. The number of halogens is 1. The molecule has 0 bridgehead atoms. The van der Waals surface area contributed by atoms with Crippen LogP contribution in [0.15, 0.2) is 35.1 Å². The van der Waals surface area contributed by atoms with Gasteiger partial charge in [-0.05, 0) is 36.2 Å². The lowest BCUT2D eigenvalue weighted by Gasteiger charge is -2.12. The van der Waals surface area contributed by atoms with E-state index in [-0.39, 0.29) is 22.8 Å². The van der Waals surface area contributed by atoms with E-state index in [1.54, 1.807) is 14.0 Å². The molecule has 0 spiro atoms. The summed E-state index contributed by atoms with van der Waals surface area (Å²) in [5.74, 6) is -0.591. The summed E-state index contributed by atoms with van der Waals surface area (Å²) < 4.78 is 14.3. The molecular formula is C15H15FN2O2. The molecule has 2 rings (SSSR count). The van der Waals surface area contributed by atoms with Crippen LogP contribution in [0.25, 0.3) is 11.3 Å². The molecule has 0 saturated heterocycles. The van der Waals surface area contributed by atoms with Gasteiger partial charge in [0.05, 0.1) is 5.69 Å². The van der Waals surface area contributed by atoms with E-state index in [2.05, 4.69) is 0 Å². The van der Waals surface area contributed by atoms with Gasteiger partial charge in [-0.15, -0.1) is 0 Å². The third kappa shape index (κ3) is 2.34. The van der Waals surface area contributed by atoms with Gasteiger partial charge in [-0.1, -0.05) is 6.92 Å². The predicted octanol–water partition coefficient (Wildman–Crippen LogP) is 2.67. The molecule has 2 N–H and O–H groups in total. The van der Waals surface area contributed by atoms with Crippen molar-refractivity contribution in [1.29, 1.82) is 5.41 Å². The minimum atomic E-state index is -0.434. The molecule has 0 aliphatic carbocycles. The standard InChI is InChI=1S/C15H15FN2O2/c1-3-11(17)14-13(19)8-12(18(2)15(14)20)9-4-6-10(16)7-5-9/h4-8,17,19H,3H2,1-2H3. The maximum atomic E-state index is 12.9. The quantitative estimate of drug-likeness (QED) is 0.845. The summed E-state index contributed by atoms with van der Waals surface area (Å²) in [5, 5.41) is 17.7. The van der Waals surface area contributed by atoms with Crippen molar-refractivity contribution in [2.24, 2.45) is 7.05 Å². The van der Waals surface area contributed by atoms with Gasteiger partial charge in [0.2, 0.25) is 0 Å². The number of pyridine rings is 1. The molecular weight excluding hydrogens is 259 g/mol. The number of rotatable bonds is 3. The summed E-state index contributed by atoms with van der Waals surface area (Å²) >= 11 is 0. The van der Waals surface area contributed by atoms with Gasteiger partial charge in [-0.3, -0.25) is 4.79 Å². The van der Waals surface area contributed by atoms with Crippen LogP contribution in [0.5, 0.6) is 5.75 Å². The molecule has 0 amide bonds. The molecule has 0 radical (unpaired) electrons. The van der Waals surface area contributed by atoms with E-state index in [1.807, 2.05) is 0 Å². The molecule has 0 aliphatic rings. The van der Waals surface area contributed by atoms with Gasteiger partial charge >= 0.3 is 0 Å². The van der Waals surface area contributed by atoms with Gasteiger partial charge in [0.1, 0.15) is 17.1 Å². The highest BCUT2D eigenvalue weighted by molar-refractivity contribution is 6.00. The van der Waals surface area contributed by atoms with Gasteiger partial charge in [-0.2, -0.15) is 0 Å². The van der Waals surface area contributed by atoms with Crippen LogP contribution >= 0.6 is 0 Å². The Labute approximate surface area is 115 Å². The maximum absolute atomic E-state index is 12.9. The van der Waals surface area contributed by atoms with Crippen molar-refractivity contribution in [2.75, 3.05) is 0 Å². The molecule has 20 heavy (non-hydrogen) atoms. The van der Waals surface area contributed by atoms with Crippen molar-refractivity contribution >= 4 is 5.71 Å². The molecule has 104 valence electrons. The highest BCUT2D eigenvalue weighted by Crippen LogP contribution is 2.24. The lowest BCUT2D eigenvalue weighted by Crippen LogP contribution is -2.25. The molecule has 5 heteroatoms. The van der Waals surface area contributed by atoms with Crippen LogP contribution in [0.3, 0.4) is 0 Å². The Hall–Kier alpha value is -2.43. The van der Waals surface area contributed by atoms with Gasteiger partial charge in [0.25, 0.3) is 5.56 Å². The summed E-state index contributed by atoms with van der Waals surface area (Å²) in [6.07, 6.45) is 0.360. The van der Waals surface area contributed by atoms with Crippen LogP contribution < -0.4 is 5.56 Å². The third-order valence-electron chi connectivity index (χ3n) is 3.20.